The van der Waals surface area contributed by atoms with E-state index >= 15 is 0 Å². The second-order valence-corrected chi connectivity index (χ2v) is 4.80. The van der Waals surface area contributed by atoms with Gasteiger partial charge in [0.15, 0.2) is 0 Å². The van der Waals surface area contributed by atoms with Crippen molar-refractivity contribution in [2.24, 2.45) is 0 Å². The van der Waals surface area contributed by atoms with Gasteiger partial charge in [-0.1, -0.05) is 17.3 Å². The molecule has 0 unspecified atom stereocenters. The topological polar surface area (TPSA) is 29.3 Å². The molecule has 2 rings (SSSR count). The summed E-state index contributed by atoms with van der Waals surface area (Å²) in [5.74, 6) is 0.739. The number of hydrogen-bond acceptors (Lipinski definition) is 3. The first kappa shape index (κ1) is 14.6. The number of nitrogens with zero attached hydrogens (tertiary/aromatic N) is 2. The smallest absolute Gasteiger partial charge is 0.361 e. The van der Waals surface area contributed by atoms with Crippen LogP contribution in [0, 0.1) is 6.92 Å². The van der Waals surface area contributed by atoms with Crippen molar-refractivity contribution < 1.29 is 17.7 Å². The van der Waals surface area contributed by atoms with Crippen molar-refractivity contribution in [3.63, 3.8) is 0 Å². The lowest BCUT2D eigenvalue weighted by atomic mass is 10.1. The minimum atomic E-state index is -4.29. The van der Waals surface area contributed by atoms with Gasteiger partial charge >= 0.3 is 6.18 Å². The average molecular weight is 284 g/mol. The number of aryl methyl sites for hydroxylation is 1. The van der Waals surface area contributed by atoms with E-state index in [4.69, 9.17) is 4.52 Å². The number of rotatable bonds is 4. The van der Waals surface area contributed by atoms with Crippen LogP contribution >= 0.6 is 0 Å². The molecule has 0 atom stereocenters. The zero-order valence-electron chi connectivity index (χ0n) is 11.2. The first-order chi connectivity index (χ1) is 9.34. The molecule has 0 N–H and O–H groups in total. The lowest BCUT2D eigenvalue weighted by Gasteiger charge is -2.15. The second-order valence-electron chi connectivity index (χ2n) is 4.80. The van der Waals surface area contributed by atoms with E-state index < -0.39 is 11.7 Å². The molecule has 0 aliphatic carbocycles. The first-order valence-electron chi connectivity index (χ1n) is 6.11. The van der Waals surface area contributed by atoms with Crippen molar-refractivity contribution >= 4 is 0 Å². The number of halogens is 3. The summed E-state index contributed by atoms with van der Waals surface area (Å²) in [5, 5.41) is 3.88. The van der Waals surface area contributed by atoms with Gasteiger partial charge in [-0.15, -0.1) is 0 Å². The van der Waals surface area contributed by atoms with Gasteiger partial charge in [0, 0.05) is 19.2 Å². The highest BCUT2D eigenvalue weighted by Gasteiger charge is 2.29. The summed E-state index contributed by atoms with van der Waals surface area (Å²) in [7, 11) is 1.88. The van der Waals surface area contributed by atoms with Crippen LogP contribution in [0.1, 0.15) is 22.6 Å². The van der Waals surface area contributed by atoms with Gasteiger partial charge in [0.2, 0.25) is 0 Å². The highest BCUT2D eigenvalue weighted by atomic mass is 19.4. The summed E-state index contributed by atoms with van der Waals surface area (Å²) in [6.07, 6.45) is -4.29. The maximum atomic E-state index is 12.4. The van der Waals surface area contributed by atoms with E-state index in [1.807, 2.05) is 24.9 Å². The molecule has 0 bridgehead atoms. The molecule has 0 aliphatic rings. The molecule has 0 saturated heterocycles. The number of benzene rings is 1. The highest BCUT2D eigenvalue weighted by Crippen LogP contribution is 2.29. The van der Waals surface area contributed by atoms with Gasteiger partial charge in [-0.2, -0.15) is 13.2 Å². The fourth-order valence-electron chi connectivity index (χ4n) is 1.94. The van der Waals surface area contributed by atoms with Crippen molar-refractivity contribution in [3.05, 3.63) is 52.9 Å². The van der Waals surface area contributed by atoms with E-state index in [-0.39, 0.29) is 0 Å². The summed E-state index contributed by atoms with van der Waals surface area (Å²) in [6.45, 7) is 2.94. The van der Waals surface area contributed by atoms with Crippen LogP contribution in [0.5, 0.6) is 0 Å². The van der Waals surface area contributed by atoms with Crippen LogP contribution in [-0.2, 0) is 19.3 Å². The standard InChI is InChI=1S/C14H15F3N2O/c1-10-7-13(18-20-10)9-19(2)8-11-3-5-12(6-4-11)14(15,16)17/h3-7H,8-9H2,1-2H3. The number of hydrogen-bond donors (Lipinski definition) is 0. The highest BCUT2D eigenvalue weighted by molar-refractivity contribution is 5.24. The fourth-order valence-corrected chi connectivity index (χ4v) is 1.94. The van der Waals surface area contributed by atoms with Gasteiger partial charge in [-0.05, 0) is 31.7 Å². The monoisotopic (exact) mass is 284 g/mol. The predicted molar refractivity (Wildman–Crippen MR) is 67.9 cm³/mol. The summed E-state index contributed by atoms with van der Waals surface area (Å²) < 4.78 is 42.3. The Kier molecular flexibility index (Phi) is 4.13. The average Bonchev–Trinajstić information content (AvgIpc) is 2.74. The largest absolute Gasteiger partial charge is 0.416 e. The Morgan fingerprint density at radius 1 is 1.15 bits per heavy atom. The lowest BCUT2D eigenvalue weighted by Crippen LogP contribution is -2.17. The number of aromatic nitrogens is 1. The van der Waals surface area contributed by atoms with E-state index in [1.54, 1.807) is 0 Å². The Bertz CT molecular complexity index is 561. The number of alkyl halides is 3. The van der Waals surface area contributed by atoms with E-state index in [0.29, 0.717) is 13.1 Å². The van der Waals surface area contributed by atoms with E-state index in [0.717, 1.165) is 29.2 Å². The third-order valence-electron chi connectivity index (χ3n) is 2.84. The maximum absolute atomic E-state index is 12.4. The Morgan fingerprint density at radius 2 is 1.80 bits per heavy atom. The van der Waals surface area contributed by atoms with Crippen molar-refractivity contribution in [1.29, 1.82) is 0 Å². The predicted octanol–water partition coefficient (Wildman–Crippen LogP) is 3.63. The molecule has 0 spiro atoms. The lowest BCUT2D eigenvalue weighted by molar-refractivity contribution is -0.137. The quantitative estimate of drug-likeness (QED) is 0.858. The van der Waals surface area contributed by atoms with Crippen LogP contribution in [0.15, 0.2) is 34.9 Å². The van der Waals surface area contributed by atoms with Crippen LogP contribution in [0.25, 0.3) is 0 Å². The molecule has 0 amide bonds. The molecule has 2 aromatic rings. The molecule has 20 heavy (non-hydrogen) atoms. The molecule has 0 radical (unpaired) electrons. The van der Waals surface area contributed by atoms with E-state index in [9.17, 15) is 13.2 Å². The minimum Gasteiger partial charge on any atom is -0.361 e. The van der Waals surface area contributed by atoms with Crippen LogP contribution in [0.2, 0.25) is 0 Å². The summed E-state index contributed by atoms with van der Waals surface area (Å²) in [6, 6.07) is 7.02. The van der Waals surface area contributed by atoms with Crippen molar-refractivity contribution in [1.82, 2.24) is 10.1 Å². The molecule has 0 saturated carbocycles. The molecule has 0 fully saturated rings. The molecule has 6 heteroatoms. The first-order valence-corrected chi connectivity index (χ1v) is 6.11. The van der Waals surface area contributed by atoms with Crippen LogP contribution in [0.3, 0.4) is 0 Å². The summed E-state index contributed by atoms with van der Waals surface area (Å²) in [4.78, 5) is 1.96. The van der Waals surface area contributed by atoms with Crippen LogP contribution in [-0.4, -0.2) is 17.1 Å². The van der Waals surface area contributed by atoms with Crippen molar-refractivity contribution in [2.75, 3.05) is 7.05 Å². The molecule has 1 aromatic heterocycles. The molecule has 108 valence electrons. The Hall–Kier alpha value is -1.82. The van der Waals surface area contributed by atoms with Gasteiger partial charge in [0.25, 0.3) is 0 Å². The van der Waals surface area contributed by atoms with Crippen molar-refractivity contribution in [2.45, 2.75) is 26.2 Å². The second kappa shape index (κ2) is 5.66. The molecule has 1 heterocycles. The summed E-state index contributed by atoms with van der Waals surface area (Å²) >= 11 is 0. The molecule has 0 aliphatic heterocycles. The van der Waals surface area contributed by atoms with E-state index in [1.165, 1.54) is 12.1 Å². The maximum Gasteiger partial charge on any atom is 0.416 e. The Labute approximate surface area is 115 Å². The van der Waals surface area contributed by atoms with Gasteiger partial charge in [0.05, 0.1) is 11.3 Å². The van der Waals surface area contributed by atoms with Crippen LogP contribution < -0.4 is 0 Å². The van der Waals surface area contributed by atoms with Gasteiger partial charge in [-0.25, -0.2) is 0 Å². The molecule has 1 aromatic carbocycles. The zero-order valence-corrected chi connectivity index (χ0v) is 11.2. The molecular weight excluding hydrogens is 269 g/mol. The molecular formula is C14H15F3N2O. The van der Waals surface area contributed by atoms with Gasteiger partial charge in [-0.3, -0.25) is 4.90 Å². The molecule has 3 nitrogen and oxygen atoms in total. The third-order valence-corrected chi connectivity index (χ3v) is 2.84. The zero-order chi connectivity index (χ0) is 14.8. The van der Waals surface area contributed by atoms with E-state index in [2.05, 4.69) is 5.16 Å². The van der Waals surface area contributed by atoms with Crippen molar-refractivity contribution in [3.8, 4) is 0 Å². The Morgan fingerprint density at radius 3 is 2.30 bits per heavy atom. The SMILES string of the molecule is Cc1cc(CN(C)Cc2ccc(C(F)(F)F)cc2)no1. The normalized spacial score (nSPS) is 12.1. The van der Waals surface area contributed by atoms with Gasteiger partial charge < -0.3 is 4.52 Å². The van der Waals surface area contributed by atoms with Gasteiger partial charge in [0.1, 0.15) is 5.76 Å². The third kappa shape index (κ3) is 3.84. The Balaban J connectivity index is 1.96. The minimum absolute atomic E-state index is 0.546. The summed E-state index contributed by atoms with van der Waals surface area (Å²) in [5.41, 5.74) is 0.994. The van der Waals surface area contributed by atoms with Crippen LogP contribution in [0.4, 0.5) is 13.2 Å². The fraction of sp³-hybridized carbons (Fsp3) is 0.357.